The van der Waals surface area contributed by atoms with Gasteiger partial charge in [-0.05, 0) is 41.5 Å². The molecule has 3 aromatic rings. The zero-order valence-corrected chi connectivity index (χ0v) is 16.9. The minimum atomic E-state index is -4.58. The van der Waals surface area contributed by atoms with Crippen LogP contribution in [0.15, 0.2) is 54.9 Å². The van der Waals surface area contributed by atoms with Crippen molar-refractivity contribution in [1.29, 1.82) is 0 Å². The lowest BCUT2D eigenvalue weighted by Gasteiger charge is -2.26. The van der Waals surface area contributed by atoms with E-state index in [1.54, 1.807) is 17.0 Å². The van der Waals surface area contributed by atoms with Crippen molar-refractivity contribution in [3.63, 3.8) is 0 Å². The maximum atomic E-state index is 13.0. The van der Waals surface area contributed by atoms with Gasteiger partial charge in [0.2, 0.25) is 0 Å². The third-order valence-electron chi connectivity index (χ3n) is 5.32. The highest BCUT2D eigenvalue weighted by atomic mass is 19.4. The van der Waals surface area contributed by atoms with Gasteiger partial charge in [-0.25, -0.2) is 9.78 Å². The summed E-state index contributed by atoms with van der Waals surface area (Å²) in [5.74, 6) is -0.477. The molecule has 0 fully saturated rings. The third-order valence-corrected chi connectivity index (χ3v) is 5.32. The van der Waals surface area contributed by atoms with E-state index in [0.29, 0.717) is 23.5 Å². The summed E-state index contributed by atoms with van der Waals surface area (Å²) in [5.41, 5.74) is -0.342. The van der Waals surface area contributed by atoms with Crippen molar-refractivity contribution >= 4 is 11.8 Å². The second-order valence-electron chi connectivity index (χ2n) is 7.27. The van der Waals surface area contributed by atoms with Crippen LogP contribution in [0.5, 0.6) is 0 Å². The van der Waals surface area contributed by atoms with E-state index in [4.69, 9.17) is 4.74 Å². The monoisotopic (exact) mass is 467 g/mol. The Morgan fingerprint density at radius 2 is 1.58 bits per heavy atom. The number of carbonyl (C=O) groups is 1. The summed E-state index contributed by atoms with van der Waals surface area (Å²) >= 11 is 0. The van der Waals surface area contributed by atoms with E-state index in [0.717, 1.165) is 12.1 Å². The molecule has 11 heteroatoms. The van der Waals surface area contributed by atoms with E-state index in [2.05, 4.69) is 9.97 Å². The fraction of sp³-hybridized carbons (Fsp3) is 0.227. The van der Waals surface area contributed by atoms with Gasteiger partial charge in [0.1, 0.15) is 5.82 Å². The van der Waals surface area contributed by atoms with Crippen molar-refractivity contribution in [2.24, 2.45) is 0 Å². The molecule has 0 spiro atoms. The molecule has 0 saturated heterocycles. The lowest BCUT2D eigenvalue weighted by molar-refractivity contribution is -0.138. The van der Waals surface area contributed by atoms with Crippen molar-refractivity contribution in [3.05, 3.63) is 88.4 Å². The van der Waals surface area contributed by atoms with E-state index in [1.807, 2.05) is 0 Å². The highest BCUT2D eigenvalue weighted by molar-refractivity contribution is 5.92. The molecule has 1 unspecified atom stereocenters. The average Bonchev–Trinajstić information content (AvgIpc) is 3.17. The number of pyridine rings is 2. The Morgan fingerprint density at radius 1 is 0.939 bits per heavy atom. The maximum Gasteiger partial charge on any atom is 0.417 e. The van der Waals surface area contributed by atoms with Gasteiger partial charge in [-0.2, -0.15) is 26.3 Å². The molecule has 1 atom stereocenters. The smallest absolute Gasteiger partial charge is 0.417 e. The molecule has 1 aliphatic rings. The van der Waals surface area contributed by atoms with Crippen molar-refractivity contribution in [2.75, 3.05) is 12.0 Å². The zero-order chi connectivity index (χ0) is 24.0. The lowest BCUT2D eigenvalue weighted by Crippen LogP contribution is -2.24. The highest BCUT2D eigenvalue weighted by Crippen LogP contribution is 2.42. The molecule has 0 aliphatic carbocycles. The first-order valence-corrected chi connectivity index (χ1v) is 9.54. The first-order valence-electron chi connectivity index (χ1n) is 9.54. The molecule has 0 saturated carbocycles. The maximum absolute atomic E-state index is 13.0. The molecule has 2 aromatic heterocycles. The van der Waals surface area contributed by atoms with E-state index in [9.17, 15) is 31.1 Å². The second kappa shape index (κ2) is 8.05. The van der Waals surface area contributed by atoms with Gasteiger partial charge in [-0.15, -0.1) is 0 Å². The first-order chi connectivity index (χ1) is 15.5. The summed E-state index contributed by atoms with van der Waals surface area (Å²) in [6.45, 7) is 0.0618. The number of aromatic nitrogens is 2. The number of alkyl halides is 6. The Labute approximate surface area is 183 Å². The van der Waals surface area contributed by atoms with Gasteiger partial charge in [-0.3, -0.25) is 4.98 Å². The predicted octanol–water partition coefficient (Wildman–Crippen LogP) is 5.41. The molecular weight excluding hydrogens is 452 g/mol. The Hall–Kier alpha value is -3.63. The largest absolute Gasteiger partial charge is 0.465 e. The zero-order valence-electron chi connectivity index (χ0n) is 16.9. The molecule has 33 heavy (non-hydrogen) atoms. The van der Waals surface area contributed by atoms with Gasteiger partial charge in [-0.1, -0.05) is 12.1 Å². The van der Waals surface area contributed by atoms with Gasteiger partial charge in [0.05, 0.1) is 35.5 Å². The van der Waals surface area contributed by atoms with Crippen LogP contribution in [0.4, 0.5) is 32.2 Å². The summed E-state index contributed by atoms with van der Waals surface area (Å²) in [6.07, 6.45) is -7.79. The number of hydrogen-bond acceptors (Lipinski definition) is 5. The number of hydrogen-bond donors (Lipinski definition) is 0. The topological polar surface area (TPSA) is 55.3 Å². The van der Waals surface area contributed by atoms with Crippen LogP contribution >= 0.6 is 0 Å². The Morgan fingerprint density at radius 3 is 2.09 bits per heavy atom. The summed E-state index contributed by atoms with van der Waals surface area (Å²) in [4.78, 5) is 21.7. The molecule has 0 bridgehead atoms. The Balaban J connectivity index is 1.82. The van der Waals surface area contributed by atoms with Crippen LogP contribution in [-0.4, -0.2) is 23.0 Å². The fourth-order valence-corrected chi connectivity index (χ4v) is 3.76. The second-order valence-corrected chi connectivity index (χ2v) is 7.27. The van der Waals surface area contributed by atoms with Crippen molar-refractivity contribution in [3.8, 4) is 0 Å². The van der Waals surface area contributed by atoms with Crippen LogP contribution in [0.25, 0.3) is 0 Å². The molecule has 1 aliphatic heterocycles. The average molecular weight is 467 g/mol. The minimum absolute atomic E-state index is 0.0618. The molecular formula is C22H15F6N3O2. The summed E-state index contributed by atoms with van der Waals surface area (Å²) in [5, 5.41) is 0. The van der Waals surface area contributed by atoms with Crippen molar-refractivity contribution in [2.45, 2.75) is 24.9 Å². The van der Waals surface area contributed by atoms with Crippen LogP contribution in [0.1, 0.15) is 44.3 Å². The van der Waals surface area contributed by atoms with Crippen LogP contribution in [-0.2, 0) is 23.6 Å². The summed E-state index contributed by atoms with van der Waals surface area (Å²) in [6, 6.07) is 8.13. The number of nitrogens with zero attached hydrogens (tertiary/aromatic N) is 3. The van der Waals surface area contributed by atoms with Crippen molar-refractivity contribution in [1.82, 2.24) is 9.97 Å². The molecule has 5 nitrogen and oxygen atoms in total. The third kappa shape index (κ3) is 4.22. The van der Waals surface area contributed by atoms with Crippen LogP contribution in [0.3, 0.4) is 0 Å². The number of carbonyl (C=O) groups excluding carboxylic acids is 1. The summed E-state index contributed by atoms with van der Waals surface area (Å²) < 4.78 is 82.7. The number of anilines is 1. The predicted molar refractivity (Wildman–Crippen MR) is 104 cm³/mol. The molecule has 0 N–H and O–H groups in total. The van der Waals surface area contributed by atoms with E-state index in [-0.39, 0.29) is 23.6 Å². The number of methoxy groups -OCH3 is 1. The van der Waals surface area contributed by atoms with Crippen LogP contribution in [0, 0.1) is 0 Å². The molecule has 4 rings (SSSR count). The Bertz CT molecular complexity index is 1170. The number of ether oxygens (including phenoxy) is 1. The van der Waals surface area contributed by atoms with Gasteiger partial charge < -0.3 is 9.64 Å². The highest BCUT2D eigenvalue weighted by Gasteiger charge is 2.38. The van der Waals surface area contributed by atoms with Crippen LogP contribution < -0.4 is 4.90 Å². The van der Waals surface area contributed by atoms with Gasteiger partial charge in [0.15, 0.2) is 0 Å². The number of rotatable bonds is 3. The number of benzene rings is 1. The van der Waals surface area contributed by atoms with E-state index < -0.39 is 35.5 Å². The molecule has 1 aromatic carbocycles. The standard InChI is InChI=1S/C22H15F6N3O2/c1-33-20(32)15-4-2-3-14-16(15)11-31(18-8-6-13(10-30-18)22(26,27)28)19(14)17-7-5-12(9-29-17)21(23,24)25/h2-10,19H,11H2,1H3. The van der Waals surface area contributed by atoms with E-state index >= 15 is 0 Å². The Kier molecular flexibility index (Phi) is 5.51. The van der Waals surface area contributed by atoms with Crippen LogP contribution in [0.2, 0.25) is 0 Å². The quantitative estimate of drug-likeness (QED) is 0.381. The molecule has 172 valence electrons. The van der Waals surface area contributed by atoms with Gasteiger partial charge >= 0.3 is 18.3 Å². The normalized spacial score (nSPS) is 16.0. The first kappa shape index (κ1) is 22.6. The van der Waals surface area contributed by atoms with Gasteiger partial charge in [0, 0.05) is 18.9 Å². The van der Waals surface area contributed by atoms with E-state index in [1.165, 1.54) is 25.3 Å². The fourth-order valence-electron chi connectivity index (χ4n) is 3.76. The molecule has 3 heterocycles. The number of esters is 1. The van der Waals surface area contributed by atoms with Crippen molar-refractivity contribution < 1.29 is 35.9 Å². The minimum Gasteiger partial charge on any atom is -0.465 e. The number of fused-ring (bicyclic) bond motifs is 1. The summed E-state index contributed by atoms with van der Waals surface area (Å²) in [7, 11) is 1.21. The lowest BCUT2D eigenvalue weighted by atomic mass is 9.97. The number of halogens is 6. The molecule has 0 amide bonds. The van der Waals surface area contributed by atoms with Gasteiger partial charge in [0.25, 0.3) is 0 Å². The SMILES string of the molecule is COC(=O)c1cccc2c1CN(c1ccc(C(F)(F)F)cn1)C2c1ccc(C(F)(F)F)cn1. The molecule has 0 radical (unpaired) electrons.